The van der Waals surface area contributed by atoms with Crippen molar-refractivity contribution in [3.05, 3.63) is 47.7 Å². The van der Waals surface area contributed by atoms with E-state index in [0.29, 0.717) is 24.2 Å². The number of β-amino-alcohol motifs (C(OH)–C–C–N with tert-alkyl or cyclic N) is 1. The van der Waals surface area contributed by atoms with Gasteiger partial charge < -0.3 is 19.7 Å². The summed E-state index contributed by atoms with van der Waals surface area (Å²) >= 11 is 0. The van der Waals surface area contributed by atoms with Gasteiger partial charge in [0.25, 0.3) is 0 Å². The van der Waals surface area contributed by atoms with Crippen LogP contribution in [0.15, 0.2) is 34.7 Å². The van der Waals surface area contributed by atoms with Crippen molar-refractivity contribution in [2.24, 2.45) is 5.92 Å². The van der Waals surface area contributed by atoms with Crippen LogP contribution < -0.4 is 5.32 Å². The van der Waals surface area contributed by atoms with Gasteiger partial charge in [-0.15, -0.1) is 10.2 Å². The molecule has 6 nitrogen and oxygen atoms in total. The third-order valence-electron chi connectivity index (χ3n) is 4.95. The number of aromatic nitrogens is 2. The summed E-state index contributed by atoms with van der Waals surface area (Å²) in [4.78, 5) is 2.36. The molecule has 0 aliphatic carbocycles. The molecule has 0 bridgehead atoms. The van der Waals surface area contributed by atoms with E-state index in [0.717, 1.165) is 38.0 Å². The van der Waals surface area contributed by atoms with Crippen LogP contribution in [0.1, 0.15) is 49.3 Å². The smallest absolute Gasteiger partial charge is 0.233 e. The first kappa shape index (κ1) is 18.0. The molecule has 2 N–H and O–H groups in total. The summed E-state index contributed by atoms with van der Waals surface area (Å²) in [7, 11) is 0. The highest BCUT2D eigenvalue weighted by molar-refractivity contribution is 5.17. The standard InChI is InChI=1S/C19H28N4O2/c1-14(19-22-21-15(2)25-19)20-12-16-8-10-23(11-9-16)13-18(24)17-6-4-3-5-7-17/h3-7,14,16,18,20,24H,8-13H2,1-2H3/t14-,18+/m0/s1. The fourth-order valence-electron chi connectivity index (χ4n) is 3.32. The lowest BCUT2D eigenvalue weighted by atomic mass is 9.96. The molecule has 1 aliphatic rings. The molecule has 136 valence electrons. The summed E-state index contributed by atoms with van der Waals surface area (Å²) in [6, 6.07) is 9.99. The van der Waals surface area contributed by atoms with Crippen LogP contribution in [0.4, 0.5) is 0 Å². The van der Waals surface area contributed by atoms with Crippen molar-refractivity contribution in [1.29, 1.82) is 0 Å². The van der Waals surface area contributed by atoms with Crippen LogP contribution in [0.5, 0.6) is 0 Å². The molecule has 0 saturated carbocycles. The predicted octanol–water partition coefficient (Wildman–Crippen LogP) is 2.47. The molecular formula is C19H28N4O2. The lowest BCUT2D eigenvalue weighted by Crippen LogP contribution is -2.39. The van der Waals surface area contributed by atoms with Crippen molar-refractivity contribution < 1.29 is 9.52 Å². The molecular weight excluding hydrogens is 316 g/mol. The van der Waals surface area contributed by atoms with Crippen LogP contribution in [0.25, 0.3) is 0 Å². The first-order chi connectivity index (χ1) is 12.1. The van der Waals surface area contributed by atoms with Crippen molar-refractivity contribution in [2.45, 2.75) is 38.8 Å². The molecule has 0 radical (unpaired) electrons. The number of aliphatic hydroxyl groups excluding tert-OH is 1. The van der Waals surface area contributed by atoms with E-state index < -0.39 is 6.10 Å². The summed E-state index contributed by atoms with van der Waals surface area (Å²) in [6.07, 6.45) is 1.88. The van der Waals surface area contributed by atoms with Gasteiger partial charge in [0, 0.05) is 13.5 Å². The van der Waals surface area contributed by atoms with E-state index in [2.05, 4.69) is 27.3 Å². The number of benzene rings is 1. The Morgan fingerprint density at radius 3 is 2.60 bits per heavy atom. The zero-order chi connectivity index (χ0) is 17.6. The highest BCUT2D eigenvalue weighted by atomic mass is 16.4. The average molecular weight is 344 g/mol. The van der Waals surface area contributed by atoms with Crippen LogP contribution >= 0.6 is 0 Å². The van der Waals surface area contributed by atoms with E-state index in [1.807, 2.05) is 37.3 Å². The van der Waals surface area contributed by atoms with E-state index in [4.69, 9.17) is 4.42 Å². The first-order valence-corrected chi connectivity index (χ1v) is 9.10. The van der Waals surface area contributed by atoms with Gasteiger partial charge in [-0.2, -0.15) is 0 Å². The minimum absolute atomic E-state index is 0.0825. The molecule has 0 spiro atoms. The normalized spacial score (nSPS) is 19.0. The summed E-state index contributed by atoms with van der Waals surface area (Å²) in [6.45, 7) is 7.59. The Balaban J connectivity index is 1.38. The molecule has 25 heavy (non-hydrogen) atoms. The lowest BCUT2D eigenvalue weighted by Gasteiger charge is -2.33. The number of hydrogen-bond acceptors (Lipinski definition) is 6. The lowest BCUT2D eigenvalue weighted by molar-refractivity contribution is 0.0886. The van der Waals surface area contributed by atoms with Crippen molar-refractivity contribution in [3.8, 4) is 0 Å². The van der Waals surface area contributed by atoms with E-state index in [1.54, 1.807) is 0 Å². The van der Waals surface area contributed by atoms with E-state index >= 15 is 0 Å². The van der Waals surface area contributed by atoms with Gasteiger partial charge in [-0.3, -0.25) is 0 Å². The maximum absolute atomic E-state index is 10.4. The van der Waals surface area contributed by atoms with Gasteiger partial charge in [-0.25, -0.2) is 0 Å². The fourth-order valence-corrected chi connectivity index (χ4v) is 3.32. The predicted molar refractivity (Wildman–Crippen MR) is 96.0 cm³/mol. The van der Waals surface area contributed by atoms with Crippen LogP contribution in [-0.2, 0) is 0 Å². The molecule has 1 aliphatic heterocycles. The zero-order valence-corrected chi connectivity index (χ0v) is 15.1. The monoisotopic (exact) mass is 344 g/mol. The van der Waals surface area contributed by atoms with Crippen molar-refractivity contribution in [1.82, 2.24) is 20.4 Å². The van der Waals surface area contributed by atoms with E-state index in [1.165, 1.54) is 0 Å². The maximum atomic E-state index is 10.4. The molecule has 2 aromatic rings. The number of aliphatic hydroxyl groups is 1. The third-order valence-corrected chi connectivity index (χ3v) is 4.95. The van der Waals surface area contributed by atoms with Crippen LogP contribution in [-0.4, -0.2) is 46.4 Å². The molecule has 1 aromatic carbocycles. The Hall–Kier alpha value is -1.76. The molecule has 2 atom stereocenters. The molecule has 0 amide bonds. The number of hydrogen-bond donors (Lipinski definition) is 2. The van der Waals surface area contributed by atoms with Crippen LogP contribution in [0.2, 0.25) is 0 Å². The fraction of sp³-hybridized carbons (Fsp3) is 0.579. The Kier molecular flexibility index (Phi) is 6.18. The number of piperidine rings is 1. The van der Waals surface area contributed by atoms with Crippen LogP contribution in [0, 0.1) is 12.8 Å². The largest absolute Gasteiger partial charge is 0.424 e. The number of aryl methyl sites for hydroxylation is 1. The Morgan fingerprint density at radius 2 is 1.96 bits per heavy atom. The third kappa shape index (κ3) is 5.11. The molecule has 0 unspecified atom stereocenters. The van der Waals surface area contributed by atoms with Gasteiger partial charge in [0.1, 0.15) is 0 Å². The second-order valence-electron chi connectivity index (χ2n) is 6.96. The average Bonchev–Trinajstić information content (AvgIpc) is 3.08. The summed E-state index contributed by atoms with van der Waals surface area (Å²) in [5.74, 6) is 1.91. The van der Waals surface area contributed by atoms with Gasteiger partial charge in [0.15, 0.2) is 0 Å². The molecule has 2 heterocycles. The quantitative estimate of drug-likeness (QED) is 0.804. The highest BCUT2D eigenvalue weighted by Crippen LogP contribution is 2.21. The highest BCUT2D eigenvalue weighted by Gasteiger charge is 2.22. The molecule has 1 aromatic heterocycles. The maximum Gasteiger partial charge on any atom is 0.233 e. The first-order valence-electron chi connectivity index (χ1n) is 9.10. The Morgan fingerprint density at radius 1 is 1.24 bits per heavy atom. The van der Waals surface area contributed by atoms with E-state index in [-0.39, 0.29) is 6.04 Å². The van der Waals surface area contributed by atoms with Gasteiger partial charge in [0.05, 0.1) is 12.1 Å². The minimum atomic E-state index is -0.406. The van der Waals surface area contributed by atoms with Crippen molar-refractivity contribution in [2.75, 3.05) is 26.2 Å². The van der Waals surface area contributed by atoms with Crippen molar-refractivity contribution in [3.63, 3.8) is 0 Å². The topological polar surface area (TPSA) is 74.4 Å². The molecule has 6 heteroatoms. The summed E-state index contributed by atoms with van der Waals surface area (Å²) < 4.78 is 5.47. The van der Waals surface area contributed by atoms with Gasteiger partial charge in [-0.1, -0.05) is 30.3 Å². The Labute approximate surface area is 149 Å². The van der Waals surface area contributed by atoms with Gasteiger partial charge in [-0.05, 0) is 50.9 Å². The molecule has 1 fully saturated rings. The number of rotatable bonds is 7. The second-order valence-corrected chi connectivity index (χ2v) is 6.96. The van der Waals surface area contributed by atoms with E-state index in [9.17, 15) is 5.11 Å². The van der Waals surface area contributed by atoms with Gasteiger partial charge >= 0.3 is 0 Å². The summed E-state index contributed by atoms with van der Waals surface area (Å²) in [5, 5.41) is 21.8. The number of likely N-dealkylation sites (tertiary alicyclic amines) is 1. The second kappa shape index (κ2) is 8.56. The van der Waals surface area contributed by atoms with Crippen LogP contribution in [0.3, 0.4) is 0 Å². The number of nitrogens with one attached hydrogen (secondary N) is 1. The Bertz CT molecular complexity index is 638. The van der Waals surface area contributed by atoms with Crippen molar-refractivity contribution >= 4 is 0 Å². The van der Waals surface area contributed by atoms with Gasteiger partial charge in [0.2, 0.25) is 11.8 Å². The zero-order valence-electron chi connectivity index (χ0n) is 15.1. The minimum Gasteiger partial charge on any atom is -0.424 e. The molecule has 1 saturated heterocycles. The number of nitrogens with zero attached hydrogens (tertiary/aromatic N) is 3. The SMILES string of the molecule is Cc1nnc([C@H](C)NCC2CCN(C[C@@H](O)c3ccccc3)CC2)o1. The molecule has 3 rings (SSSR count). The summed E-state index contributed by atoms with van der Waals surface area (Å²) in [5.41, 5.74) is 0.995.